The standard InChI is InChI=1S/C13H13N3O2/c1-8(12(17)9-2-3-9)13(18)10-6-15-16-5-4-14-7-11(10)16/h4-9H,2-3H2,1H3. The molecule has 0 amide bonds. The highest BCUT2D eigenvalue weighted by Crippen LogP contribution is 2.33. The molecule has 0 bridgehead atoms. The van der Waals surface area contributed by atoms with Gasteiger partial charge in [-0.3, -0.25) is 14.6 Å². The van der Waals surface area contributed by atoms with Gasteiger partial charge in [-0.25, -0.2) is 4.52 Å². The lowest BCUT2D eigenvalue weighted by Gasteiger charge is -2.07. The Kier molecular flexibility index (Phi) is 2.47. The third-order valence-electron chi connectivity index (χ3n) is 3.39. The van der Waals surface area contributed by atoms with Gasteiger partial charge < -0.3 is 0 Å². The first-order valence-corrected chi connectivity index (χ1v) is 6.04. The number of hydrogen-bond acceptors (Lipinski definition) is 4. The fourth-order valence-corrected chi connectivity index (χ4v) is 2.11. The molecule has 5 nitrogen and oxygen atoms in total. The van der Waals surface area contributed by atoms with E-state index in [-0.39, 0.29) is 17.5 Å². The lowest BCUT2D eigenvalue weighted by Crippen LogP contribution is -2.22. The van der Waals surface area contributed by atoms with Crippen LogP contribution in [0.3, 0.4) is 0 Å². The molecule has 1 fully saturated rings. The quantitative estimate of drug-likeness (QED) is 0.603. The van der Waals surface area contributed by atoms with Crippen LogP contribution < -0.4 is 0 Å². The molecular weight excluding hydrogens is 230 g/mol. The second kappa shape index (κ2) is 4.01. The number of ketones is 2. The molecule has 0 spiro atoms. The minimum atomic E-state index is -0.578. The van der Waals surface area contributed by atoms with Gasteiger partial charge in [0, 0.05) is 18.3 Å². The van der Waals surface area contributed by atoms with Crippen LogP contribution in [0.15, 0.2) is 24.8 Å². The van der Waals surface area contributed by atoms with Gasteiger partial charge >= 0.3 is 0 Å². The van der Waals surface area contributed by atoms with Crippen molar-refractivity contribution in [3.8, 4) is 0 Å². The second-order valence-corrected chi connectivity index (χ2v) is 4.73. The molecule has 2 heterocycles. The zero-order valence-corrected chi connectivity index (χ0v) is 10.0. The van der Waals surface area contributed by atoms with Crippen molar-refractivity contribution >= 4 is 17.1 Å². The first kappa shape index (κ1) is 11.1. The molecule has 5 heteroatoms. The molecule has 0 saturated heterocycles. The third kappa shape index (κ3) is 1.72. The number of rotatable bonds is 4. The average molecular weight is 243 g/mol. The summed E-state index contributed by atoms with van der Waals surface area (Å²) in [6, 6.07) is 0. The summed E-state index contributed by atoms with van der Waals surface area (Å²) in [5.74, 6) is -0.576. The number of hydrogen-bond donors (Lipinski definition) is 0. The van der Waals surface area contributed by atoms with Gasteiger partial charge in [0.1, 0.15) is 5.78 Å². The van der Waals surface area contributed by atoms with Crippen LogP contribution in [0.5, 0.6) is 0 Å². The second-order valence-electron chi connectivity index (χ2n) is 4.73. The molecule has 1 unspecified atom stereocenters. The van der Waals surface area contributed by atoms with Gasteiger partial charge in [0.25, 0.3) is 0 Å². The molecule has 92 valence electrons. The van der Waals surface area contributed by atoms with E-state index in [1.165, 1.54) is 6.20 Å². The molecule has 0 aliphatic heterocycles. The molecule has 2 aromatic heterocycles. The molecule has 0 aromatic carbocycles. The summed E-state index contributed by atoms with van der Waals surface area (Å²) in [4.78, 5) is 28.2. The van der Waals surface area contributed by atoms with Gasteiger partial charge in [0.05, 0.1) is 29.4 Å². The highest BCUT2D eigenvalue weighted by Gasteiger charge is 2.36. The number of Topliss-reactive ketones (excluding diaryl/α,β-unsaturated/α-hetero) is 2. The van der Waals surface area contributed by atoms with Gasteiger partial charge in [-0.2, -0.15) is 5.10 Å². The van der Waals surface area contributed by atoms with E-state index < -0.39 is 5.92 Å². The number of fused-ring (bicyclic) bond motifs is 1. The smallest absolute Gasteiger partial charge is 0.176 e. The zero-order valence-electron chi connectivity index (χ0n) is 10.0. The van der Waals surface area contributed by atoms with Crippen LogP contribution in [0.25, 0.3) is 5.52 Å². The Bertz CT molecular complexity index is 628. The van der Waals surface area contributed by atoms with Crippen LogP contribution in [0, 0.1) is 11.8 Å². The van der Waals surface area contributed by atoms with E-state index >= 15 is 0 Å². The summed E-state index contributed by atoms with van der Waals surface area (Å²) >= 11 is 0. The third-order valence-corrected chi connectivity index (χ3v) is 3.39. The Morgan fingerprint density at radius 2 is 2.17 bits per heavy atom. The zero-order chi connectivity index (χ0) is 12.7. The topological polar surface area (TPSA) is 64.3 Å². The van der Waals surface area contributed by atoms with E-state index in [0.29, 0.717) is 11.1 Å². The van der Waals surface area contributed by atoms with Crippen molar-refractivity contribution in [1.82, 2.24) is 14.6 Å². The first-order valence-electron chi connectivity index (χ1n) is 6.04. The van der Waals surface area contributed by atoms with E-state index in [0.717, 1.165) is 12.8 Å². The molecule has 1 atom stereocenters. The highest BCUT2D eigenvalue weighted by molar-refractivity contribution is 6.14. The van der Waals surface area contributed by atoms with Crippen LogP contribution >= 0.6 is 0 Å². The summed E-state index contributed by atoms with van der Waals surface area (Å²) in [5, 5.41) is 4.09. The molecule has 0 radical (unpaired) electrons. The molecule has 1 aliphatic rings. The largest absolute Gasteiger partial charge is 0.299 e. The summed E-state index contributed by atoms with van der Waals surface area (Å²) < 4.78 is 1.59. The van der Waals surface area contributed by atoms with Crippen molar-refractivity contribution in [2.45, 2.75) is 19.8 Å². The maximum atomic E-state index is 12.3. The Labute approximate surface area is 104 Å². The van der Waals surface area contributed by atoms with Crippen LogP contribution in [-0.2, 0) is 4.79 Å². The molecule has 1 saturated carbocycles. The van der Waals surface area contributed by atoms with Gasteiger partial charge in [-0.05, 0) is 19.8 Å². The normalized spacial score (nSPS) is 16.7. The Morgan fingerprint density at radius 1 is 1.39 bits per heavy atom. The van der Waals surface area contributed by atoms with Crippen molar-refractivity contribution in [2.75, 3.05) is 0 Å². The van der Waals surface area contributed by atoms with E-state index in [4.69, 9.17) is 0 Å². The average Bonchev–Trinajstić information content (AvgIpc) is 3.16. The highest BCUT2D eigenvalue weighted by atomic mass is 16.2. The molecule has 3 rings (SSSR count). The van der Waals surface area contributed by atoms with Crippen LogP contribution in [0.4, 0.5) is 0 Å². The lowest BCUT2D eigenvalue weighted by atomic mass is 9.94. The van der Waals surface area contributed by atoms with E-state index in [1.807, 2.05) is 0 Å². The van der Waals surface area contributed by atoms with E-state index in [2.05, 4.69) is 10.1 Å². The fourth-order valence-electron chi connectivity index (χ4n) is 2.11. The molecule has 18 heavy (non-hydrogen) atoms. The maximum absolute atomic E-state index is 12.3. The van der Waals surface area contributed by atoms with Crippen molar-refractivity contribution < 1.29 is 9.59 Å². The van der Waals surface area contributed by atoms with Gasteiger partial charge in [0.15, 0.2) is 5.78 Å². The minimum Gasteiger partial charge on any atom is -0.299 e. The van der Waals surface area contributed by atoms with Crippen molar-refractivity contribution in [1.29, 1.82) is 0 Å². The molecule has 1 aliphatic carbocycles. The van der Waals surface area contributed by atoms with Gasteiger partial charge in [-0.1, -0.05) is 0 Å². The number of aromatic nitrogens is 3. The van der Waals surface area contributed by atoms with Crippen LogP contribution in [-0.4, -0.2) is 26.2 Å². The molecular formula is C13H13N3O2. The maximum Gasteiger partial charge on any atom is 0.176 e. The summed E-state index contributed by atoms with van der Waals surface area (Å²) in [6.07, 6.45) is 8.23. The molecule has 2 aromatic rings. The van der Waals surface area contributed by atoms with Gasteiger partial charge in [-0.15, -0.1) is 0 Å². The van der Waals surface area contributed by atoms with Crippen molar-refractivity contribution in [3.05, 3.63) is 30.4 Å². The SMILES string of the molecule is CC(C(=O)c1cnn2ccncc12)C(=O)C1CC1. The van der Waals surface area contributed by atoms with Crippen LogP contribution in [0.2, 0.25) is 0 Å². The summed E-state index contributed by atoms with van der Waals surface area (Å²) in [6.45, 7) is 1.68. The first-order chi connectivity index (χ1) is 8.68. The Hall–Kier alpha value is -2.04. The summed E-state index contributed by atoms with van der Waals surface area (Å²) in [5.41, 5.74) is 1.13. The van der Waals surface area contributed by atoms with E-state index in [9.17, 15) is 9.59 Å². The Morgan fingerprint density at radius 3 is 2.89 bits per heavy atom. The predicted molar refractivity (Wildman–Crippen MR) is 64.2 cm³/mol. The van der Waals surface area contributed by atoms with Crippen molar-refractivity contribution in [3.63, 3.8) is 0 Å². The fraction of sp³-hybridized carbons (Fsp3) is 0.385. The van der Waals surface area contributed by atoms with Gasteiger partial charge in [0.2, 0.25) is 0 Å². The monoisotopic (exact) mass is 243 g/mol. The lowest BCUT2D eigenvalue weighted by molar-refractivity contribution is -0.122. The van der Waals surface area contributed by atoms with E-state index in [1.54, 1.807) is 30.0 Å². The van der Waals surface area contributed by atoms with Crippen molar-refractivity contribution in [2.24, 2.45) is 11.8 Å². The molecule has 0 N–H and O–H groups in total. The number of nitrogens with zero attached hydrogens (tertiary/aromatic N) is 3. The predicted octanol–water partition coefficient (Wildman–Crippen LogP) is 1.53. The Balaban J connectivity index is 1.94. The minimum absolute atomic E-state index is 0.0586. The van der Waals surface area contributed by atoms with Crippen LogP contribution in [0.1, 0.15) is 30.1 Å². The summed E-state index contributed by atoms with van der Waals surface area (Å²) in [7, 11) is 0. The number of carbonyl (C=O) groups excluding carboxylic acids is 2. The number of carbonyl (C=O) groups is 2.